The fourth-order valence-corrected chi connectivity index (χ4v) is 3.24. The molecule has 2 amide bonds. The standard InChI is InChI=1S/C18H21F3N2O2S/c19-18(20,21)26-15-9-6-13(7-10-15)8-11-16(24)22-12-17(25)23-14-4-2-1-3-5-14/h6-11,14H,1-5,12H2,(H,22,24)(H,23,25)/b11-8+. The number of rotatable bonds is 6. The van der Waals surface area contributed by atoms with Gasteiger partial charge in [0.15, 0.2) is 0 Å². The lowest BCUT2D eigenvalue weighted by atomic mass is 9.95. The van der Waals surface area contributed by atoms with E-state index in [1.807, 2.05) is 0 Å². The molecule has 0 bridgehead atoms. The second-order valence-electron chi connectivity index (χ2n) is 6.07. The summed E-state index contributed by atoms with van der Waals surface area (Å²) >= 11 is -0.189. The zero-order valence-corrected chi connectivity index (χ0v) is 15.0. The summed E-state index contributed by atoms with van der Waals surface area (Å²) in [6.45, 7) is -0.0964. The lowest BCUT2D eigenvalue weighted by molar-refractivity contribution is -0.124. The molecule has 2 N–H and O–H groups in total. The van der Waals surface area contributed by atoms with Gasteiger partial charge >= 0.3 is 5.51 Å². The Kier molecular flexibility index (Phi) is 7.56. The highest BCUT2D eigenvalue weighted by Gasteiger charge is 2.28. The van der Waals surface area contributed by atoms with Crippen LogP contribution in [0.5, 0.6) is 0 Å². The lowest BCUT2D eigenvalue weighted by Crippen LogP contribution is -2.42. The Bertz CT molecular complexity index is 639. The Labute approximate surface area is 154 Å². The fraction of sp³-hybridized carbons (Fsp3) is 0.444. The summed E-state index contributed by atoms with van der Waals surface area (Å²) in [5.74, 6) is -0.648. The molecule has 1 saturated carbocycles. The van der Waals surface area contributed by atoms with Gasteiger partial charge in [-0.1, -0.05) is 31.4 Å². The van der Waals surface area contributed by atoms with Gasteiger partial charge in [0.05, 0.1) is 6.54 Å². The van der Waals surface area contributed by atoms with Crippen LogP contribution in [0.2, 0.25) is 0 Å². The first-order valence-electron chi connectivity index (χ1n) is 8.43. The Morgan fingerprint density at radius 2 is 1.77 bits per heavy atom. The lowest BCUT2D eigenvalue weighted by Gasteiger charge is -2.22. The molecule has 0 unspecified atom stereocenters. The smallest absolute Gasteiger partial charge is 0.352 e. The first-order valence-corrected chi connectivity index (χ1v) is 9.24. The molecule has 142 valence electrons. The van der Waals surface area contributed by atoms with Gasteiger partial charge in [-0.15, -0.1) is 0 Å². The minimum absolute atomic E-state index is 0.0819. The summed E-state index contributed by atoms with van der Waals surface area (Å²) in [5.41, 5.74) is -3.73. The summed E-state index contributed by atoms with van der Waals surface area (Å²) in [5, 5.41) is 5.39. The topological polar surface area (TPSA) is 58.2 Å². The van der Waals surface area contributed by atoms with E-state index >= 15 is 0 Å². The van der Waals surface area contributed by atoms with Crippen molar-refractivity contribution in [3.8, 4) is 0 Å². The van der Waals surface area contributed by atoms with Crippen molar-refractivity contribution in [2.45, 2.75) is 48.5 Å². The van der Waals surface area contributed by atoms with Gasteiger partial charge in [0.25, 0.3) is 0 Å². The van der Waals surface area contributed by atoms with E-state index in [1.165, 1.54) is 42.8 Å². The number of carbonyl (C=O) groups is 2. The van der Waals surface area contributed by atoms with Crippen molar-refractivity contribution in [3.05, 3.63) is 35.9 Å². The van der Waals surface area contributed by atoms with Gasteiger partial charge in [0, 0.05) is 17.0 Å². The highest BCUT2D eigenvalue weighted by atomic mass is 32.2. The molecule has 0 atom stereocenters. The zero-order valence-electron chi connectivity index (χ0n) is 14.1. The molecule has 1 aromatic carbocycles. The molecule has 0 spiro atoms. The summed E-state index contributed by atoms with van der Waals surface area (Å²) in [6.07, 6.45) is 8.10. The van der Waals surface area contributed by atoms with E-state index in [2.05, 4.69) is 10.6 Å². The normalized spacial score (nSPS) is 15.8. The van der Waals surface area contributed by atoms with Gasteiger partial charge in [-0.25, -0.2) is 0 Å². The molecule has 1 aliphatic carbocycles. The predicted molar refractivity (Wildman–Crippen MR) is 95.4 cm³/mol. The van der Waals surface area contributed by atoms with Crippen molar-refractivity contribution in [2.75, 3.05) is 6.54 Å². The first kappa shape index (κ1) is 20.4. The molecular weight excluding hydrogens is 365 g/mol. The maximum absolute atomic E-state index is 12.3. The SMILES string of the molecule is O=C(/C=C/c1ccc(SC(F)(F)F)cc1)NCC(=O)NC1CCCCC1. The molecule has 0 aromatic heterocycles. The zero-order chi connectivity index (χ0) is 19.0. The van der Waals surface area contributed by atoms with Crippen molar-refractivity contribution in [1.82, 2.24) is 10.6 Å². The maximum atomic E-state index is 12.3. The molecule has 0 radical (unpaired) electrons. The number of alkyl halides is 3. The van der Waals surface area contributed by atoms with Crippen LogP contribution in [0.4, 0.5) is 13.2 Å². The highest BCUT2D eigenvalue weighted by molar-refractivity contribution is 8.00. The van der Waals surface area contributed by atoms with E-state index in [0.29, 0.717) is 5.56 Å². The second-order valence-corrected chi connectivity index (χ2v) is 7.21. The van der Waals surface area contributed by atoms with Crippen LogP contribution in [-0.2, 0) is 9.59 Å². The minimum atomic E-state index is -4.32. The van der Waals surface area contributed by atoms with E-state index in [4.69, 9.17) is 0 Å². The Hall–Kier alpha value is -1.96. The number of halogens is 3. The van der Waals surface area contributed by atoms with Crippen molar-refractivity contribution in [1.29, 1.82) is 0 Å². The Balaban J connectivity index is 1.73. The number of amides is 2. The van der Waals surface area contributed by atoms with Gasteiger partial charge in [0.1, 0.15) is 0 Å². The average molecular weight is 386 g/mol. The number of carbonyl (C=O) groups excluding carboxylic acids is 2. The van der Waals surface area contributed by atoms with Crippen molar-refractivity contribution in [2.24, 2.45) is 0 Å². The predicted octanol–water partition coefficient (Wildman–Crippen LogP) is 3.88. The number of hydrogen-bond acceptors (Lipinski definition) is 3. The van der Waals surface area contributed by atoms with Crippen LogP contribution < -0.4 is 10.6 Å². The quantitative estimate of drug-likeness (QED) is 0.576. The number of nitrogens with one attached hydrogen (secondary N) is 2. The third-order valence-electron chi connectivity index (χ3n) is 3.93. The molecule has 26 heavy (non-hydrogen) atoms. The van der Waals surface area contributed by atoms with Crippen LogP contribution in [0.3, 0.4) is 0 Å². The minimum Gasteiger partial charge on any atom is -0.352 e. The summed E-state index contributed by atoms with van der Waals surface area (Å²) in [7, 11) is 0. The first-order chi connectivity index (χ1) is 12.3. The van der Waals surface area contributed by atoms with Gasteiger partial charge in [0.2, 0.25) is 11.8 Å². The van der Waals surface area contributed by atoms with Crippen LogP contribution in [0.25, 0.3) is 6.08 Å². The van der Waals surface area contributed by atoms with Gasteiger partial charge in [-0.2, -0.15) is 13.2 Å². The van der Waals surface area contributed by atoms with E-state index in [-0.39, 0.29) is 35.2 Å². The Morgan fingerprint density at radius 1 is 1.12 bits per heavy atom. The van der Waals surface area contributed by atoms with Crippen LogP contribution in [-0.4, -0.2) is 29.9 Å². The third-order valence-corrected chi connectivity index (χ3v) is 4.67. The summed E-state index contributed by atoms with van der Waals surface area (Å²) < 4.78 is 36.8. The largest absolute Gasteiger partial charge is 0.446 e. The molecule has 1 aromatic rings. The van der Waals surface area contributed by atoms with E-state index < -0.39 is 11.4 Å². The molecule has 0 saturated heterocycles. The molecule has 1 aliphatic rings. The summed E-state index contributed by atoms with van der Waals surface area (Å²) in [6, 6.07) is 5.86. The maximum Gasteiger partial charge on any atom is 0.446 e. The van der Waals surface area contributed by atoms with Crippen molar-refractivity contribution < 1.29 is 22.8 Å². The van der Waals surface area contributed by atoms with Crippen LogP contribution in [0, 0.1) is 0 Å². The molecule has 2 rings (SSSR count). The van der Waals surface area contributed by atoms with Crippen LogP contribution in [0.1, 0.15) is 37.7 Å². The van der Waals surface area contributed by atoms with Crippen LogP contribution in [0.15, 0.2) is 35.2 Å². The highest BCUT2D eigenvalue weighted by Crippen LogP contribution is 2.36. The fourth-order valence-electron chi connectivity index (χ4n) is 2.70. The monoisotopic (exact) mass is 386 g/mol. The number of hydrogen-bond donors (Lipinski definition) is 2. The molecule has 8 heteroatoms. The second kappa shape index (κ2) is 9.66. The molecule has 0 aliphatic heterocycles. The molecular formula is C18H21F3N2O2S. The third kappa shape index (κ3) is 7.95. The van der Waals surface area contributed by atoms with Gasteiger partial charge in [-0.05, 0) is 48.4 Å². The molecule has 0 heterocycles. The van der Waals surface area contributed by atoms with Crippen molar-refractivity contribution in [3.63, 3.8) is 0 Å². The average Bonchev–Trinajstić information content (AvgIpc) is 2.59. The van der Waals surface area contributed by atoms with Crippen LogP contribution >= 0.6 is 11.8 Å². The molecule has 1 fully saturated rings. The Morgan fingerprint density at radius 3 is 2.38 bits per heavy atom. The number of benzene rings is 1. The van der Waals surface area contributed by atoms with Gasteiger partial charge in [-0.3, -0.25) is 9.59 Å². The van der Waals surface area contributed by atoms with Crippen molar-refractivity contribution >= 4 is 29.7 Å². The van der Waals surface area contributed by atoms with Gasteiger partial charge < -0.3 is 10.6 Å². The summed E-state index contributed by atoms with van der Waals surface area (Å²) in [4.78, 5) is 23.6. The van der Waals surface area contributed by atoms with E-state index in [1.54, 1.807) is 0 Å². The molecule has 4 nitrogen and oxygen atoms in total. The van der Waals surface area contributed by atoms with E-state index in [9.17, 15) is 22.8 Å². The number of thioether (sulfide) groups is 1. The van der Waals surface area contributed by atoms with E-state index in [0.717, 1.165) is 25.7 Å².